The van der Waals surface area contributed by atoms with Crippen LogP contribution in [0.4, 0.5) is 10.5 Å². The van der Waals surface area contributed by atoms with Crippen LogP contribution in [0.1, 0.15) is 18.4 Å². The lowest BCUT2D eigenvalue weighted by Gasteiger charge is -2.13. The van der Waals surface area contributed by atoms with Crippen LogP contribution in [-0.2, 0) is 6.42 Å². The molecule has 2 rings (SSSR count). The van der Waals surface area contributed by atoms with Gasteiger partial charge < -0.3 is 15.7 Å². The number of urea groups is 1. The molecule has 0 saturated heterocycles. The van der Waals surface area contributed by atoms with Crippen molar-refractivity contribution in [2.75, 3.05) is 18.5 Å². The zero-order valence-electron chi connectivity index (χ0n) is 10.6. The quantitative estimate of drug-likeness (QED) is 0.751. The van der Waals surface area contributed by atoms with Crippen molar-refractivity contribution in [2.24, 2.45) is 5.41 Å². The van der Waals surface area contributed by atoms with Gasteiger partial charge in [-0.15, -0.1) is 0 Å². The Kier molecular flexibility index (Phi) is 4.03. The molecule has 5 heteroatoms. The number of benzene rings is 1. The SMILES string of the molecule is N#CCc1ccc(NC(=O)NCC2(CO)CC2)cc1. The minimum absolute atomic E-state index is 0.0893. The van der Waals surface area contributed by atoms with Crippen molar-refractivity contribution in [3.05, 3.63) is 29.8 Å². The first-order chi connectivity index (χ1) is 9.17. The first kappa shape index (κ1) is 13.4. The molecular formula is C14H17N3O2. The summed E-state index contributed by atoms with van der Waals surface area (Å²) >= 11 is 0. The van der Waals surface area contributed by atoms with Crippen molar-refractivity contribution in [2.45, 2.75) is 19.3 Å². The number of amides is 2. The third-order valence-electron chi connectivity index (χ3n) is 3.41. The predicted molar refractivity (Wildman–Crippen MR) is 71.5 cm³/mol. The van der Waals surface area contributed by atoms with E-state index in [9.17, 15) is 4.79 Å². The molecule has 0 unspecified atom stereocenters. The number of anilines is 1. The maximum Gasteiger partial charge on any atom is 0.319 e. The van der Waals surface area contributed by atoms with Gasteiger partial charge in [-0.25, -0.2) is 4.79 Å². The lowest BCUT2D eigenvalue weighted by molar-refractivity contribution is 0.206. The third-order valence-corrected chi connectivity index (χ3v) is 3.41. The summed E-state index contributed by atoms with van der Waals surface area (Å²) in [4.78, 5) is 11.7. The van der Waals surface area contributed by atoms with E-state index in [-0.39, 0.29) is 18.1 Å². The maximum atomic E-state index is 11.7. The van der Waals surface area contributed by atoms with E-state index in [4.69, 9.17) is 10.4 Å². The average Bonchev–Trinajstić information content (AvgIpc) is 3.20. The van der Waals surface area contributed by atoms with Gasteiger partial charge in [0.15, 0.2) is 0 Å². The molecule has 2 amide bonds. The van der Waals surface area contributed by atoms with Gasteiger partial charge in [0.1, 0.15) is 0 Å². The number of aliphatic hydroxyl groups is 1. The zero-order chi connectivity index (χ0) is 13.7. The van der Waals surface area contributed by atoms with Gasteiger partial charge in [-0.2, -0.15) is 5.26 Å². The van der Waals surface area contributed by atoms with E-state index in [1.54, 1.807) is 12.1 Å². The van der Waals surface area contributed by atoms with Crippen LogP contribution in [0, 0.1) is 16.7 Å². The molecule has 100 valence electrons. The Morgan fingerprint density at radius 1 is 1.37 bits per heavy atom. The fourth-order valence-corrected chi connectivity index (χ4v) is 1.81. The number of hydrogen-bond donors (Lipinski definition) is 3. The summed E-state index contributed by atoms with van der Waals surface area (Å²) in [6.45, 7) is 0.623. The maximum absolute atomic E-state index is 11.7. The monoisotopic (exact) mass is 259 g/mol. The molecule has 1 aromatic rings. The van der Waals surface area contributed by atoms with E-state index >= 15 is 0 Å². The predicted octanol–water partition coefficient (Wildman–Crippen LogP) is 1.65. The van der Waals surface area contributed by atoms with Crippen LogP contribution < -0.4 is 10.6 Å². The highest BCUT2D eigenvalue weighted by molar-refractivity contribution is 5.89. The summed E-state index contributed by atoms with van der Waals surface area (Å²) in [6.07, 6.45) is 2.30. The topological polar surface area (TPSA) is 85.2 Å². The van der Waals surface area contributed by atoms with Gasteiger partial charge in [0.25, 0.3) is 0 Å². The number of nitrogens with zero attached hydrogens (tertiary/aromatic N) is 1. The van der Waals surface area contributed by atoms with Crippen LogP contribution in [-0.4, -0.2) is 24.3 Å². The molecule has 0 spiro atoms. The number of carbonyl (C=O) groups excluding carboxylic acids is 1. The lowest BCUT2D eigenvalue weighted by Crippen LogP contribution is -2.35. The second-order valence-electron chi connectivity index (χ2n) is 5.00. The number of aliphatic hydroxyl groups excluding tert-OH is 1. The molecule has 0 aromatic heterocycles. The van der Waals surface area contributed by atoms with Crippen molar-refractivity contribution in [1.82, 2.24) is 5.32 Å². The summed E-state index contributed by atoms with van der Waals surface area (Å²) in [5.74, 6) is 0. The minimum atomic E-state index is -0.271. The molecule has 1 aliphatic rings. The highest BCUT2D eigenvalue weighted by atomic mass is 16.3. The van der Waals surface area contributed by atoms with Gasteiger partial charge in [0.05, 0.1) is 19.1 Å². The van der Waals surface area contributed by atoms with Crippen molar-refractivity contribution in [3.8, 4) is 6.07 Å². The average molecular weight is 259 g/mol. The number of carbonyl (C=O) groups is 1. The van der Waals surface area contributed by atoms with Gasteiger partial charge in [-0.1, -0.05) is 12.1 Å². The Balaban J connectivity index is 1.80. The highest BCUT2D eigenvalue weighted by Crippen LogP contribution is 2.44. The molecule has 0 heterocycles. The second-order valence-corrected chi connectivity index (χ2v) is 5.00. The molecule has 1 aromatic carbocycles. The summed E-state index contributed by atoms with van der Waals surface area (Å²) in [6, 6.07) is 8.97. The third kappa shape index (κ3) is 3.70. The number of nitrogens with one attached hydrogen (secondary N) is 2. The molecular weight excluding hydrogens is 242 g/mol. The molecule has 0 radical (unpaired) electrons. The Morgan fingerprint density at radius 2 is 2.05 bits per heavy atom. The zero-order valence-corrected chi connectivity index (χ0v) is 10.6. The van der Waals surface area contributed by atoms with Gasteiger partial charge in [0, 0.05) is 17.6 Å². The Labute approximate surface area is 112 Å². The largest absolute Gasteiger partial charge is 0.396 e. The Bertz CT molecular complexity index is 486. The fraction of sp³-hybridized carbons (Fsp3) is 0.429. The highest BCUT2D eigenvalue weighted by Gasteiger charge is 2.42. The van der Waals surface area contributed by atoms with Crippen LogP contribution in [0.5, 0.6) is 0 Å². The normalized spacial score (nSPS) is 15.4. The number of hydrogen-bond acceptors (Lipinski definition) is 3. The molecule has 3 N–H and O–H groups in total. The van der Waals surface area contributed by atoms with Gasteiger partial charge in [0.2, 0.25) is 0 Å². The molecule has 0 bridgehead atoms. The number of rotatable bonds is 5. The standard InChI is InChI=1S/C14H17N3O2/c15-8-5-11-1-3-12(4-2-11)17-13(19)16-9-14(10-18)6-7-14/h1-4,18H,5-7,9-10H2,(H2,16,17,19). The van der Waals surface area contributed by atoms with Gasteiger partial charge >= 0.3 is 6.03 Å². The molecule has 1 aliphatic carbocycles. The second kappa shape index (κ2) is 5.72. The van der Waals surface area contributed by atoms with E-state index < -0.39 is 0 Å². The first-order valence-electron chi connectivity index (χ1n) is 6.29. The van der Waals surface area contributed by atoms with E-state index in [1.807, 2.05) is 12.1 Å². The minimum Gasteiger partial charge on any atom is -0.396 e. The summed E-state index contributed by atoms with van der Waals surface area (Å²) in [5.41, 5.74) is 1.52. The van der Waals surface area contributed by atoms with Crippen molar-refractivity contribution < 1.29 is 9.90 Å². The van der Waals surface area contributed by atoms with Gasteiger partial charge in [-0.3, -0.25) is 0 Å². The Morgan fingerprint density at radius 3 is 2.58 bits per heavy atom. The number of nitriles is 1. The molecule has 19 heavy (non-hydrogen) atoms. The molecule has 1 fully saturated rings. The first-order valence-corrected chi connectivity index (χ1v) is 6.29. The van der Waals surface area contributed by atoms with Crippen LogP contribution in [0.25, 0.3) is 0 Å². The summed E-state index contributed by atoms with van der Waals surface area (Å²) < 4.78 is 0. The smallest absolute Gasteiger partial charge is 0.319 e. The van der Waals surface area contributed by atoms with E-state index in [0.29, 0.717) is 18.7 Å². The lowest BCUT2D eigenvalue weighted by atomic mass is 10.1. The molecule has 0 atom stereocenters. The molecule has 1 saturated carbocycles. The molecule has 5 nitrogen and oxygen atoms in total. The molecule has 0 aliphatic heterocycles. The van der Waals surface area contributed by atoms with Crippen molar-refractivity contribution >= 4 is 11.7 Å². The van der Waals surface area contributed by atoms with E-state index in [1.165, 1.54) is 0 Å². The Hall–Kier alpha value is -2.06. The van der Waals surface area contributed by atoms with Crippen LogP contribution in [0.3, 0.4) is 0 Å². The van der Waals surface area contributed by atoms with Crippen LogP contribution >= 0.6 is 0 Å². The van der Waals surface area contributed by atoms with Crippen molar-refractivity contribution in [1.29, 1.82) is 5.26 Å². The van der Waals surface area contributed by atoms with Crippen molar-refractivity contribution in [3.63, 3.8) is 0 Å². The van der Waals surface area contributed by atoms with E-state index in [0.717, 1.165) is 18.4 Å². The van der Waals surface area contributed by atoms with Gasteiger partial charge in [-0.05, 0) is 30.5 Å². The van der Waals surface area contributed by atoms with E-state index in [2.05, 4.69) is 16.7 Å². The van der Waals surface area contributed by atoms with Crippen LogP contribution in [0.2, 0.25) is 0 Å². The fourth-order valence-electron chi connectivity index (χ4n) is 1.81. The summed E-state index contributed by atoms with van der Waals surface area (Å²) in [7, 11) is 0. The van der Waals surface area contributed by atoms with Crippen LogP contribution in [0.15, 0.2) is 24.3 Å². The summed E-state index contributed by atoms with van der Waals surface area (Å²) in [5, 5.41) is 23.2.